The minimum atomic E-state index is 0.355. The molecule has 0 saturated heterocycles. The van der Waals surface area contributed by atoms with Crippen molar-refractivity contribution in [2.45, 2.75) is 71.6 Å². The Hall–Kier alpha value is -0.0800. The maximum atomic E-state index is 8.42. The van der Waals surface area contributed by atoms with E-state index >= 15 is 0 Å². The first-order valence-electron chi connectivity index (χ1n) is 6.55. The van der Waals surface area contributed by atoms with E-state index in [0.717, 1.165) is 19.3 Å². The van der Waals surface area contributed by atoms with Crippen molar-refractivity contribution in [1.29, 1.82) is 0 Å². The minimum Gasteiger partial charge on any atom is -0.396 e. The number of unbranched alkanes of at least 4 members (excludes halogenated alkanes) is 7. The average molecular weight is 218 g/mol. The van der Waals surface area contributed by atoms with Crippen LogP contribution >= 0.6 is 0 Å². The van der Waals surface area contributed by atoms with E-state index < -0.39 is 0 Å². The zero-order valence-corrected chi connectivity index (χ0v) is 10.7. The van der Waals surface area contributed by atoms with Crippen LogP contribution in [-0.4, -0.2) is 23.4 Å². The van der Waals surface area contributed by atoms with Crippen LogP contribution in [0.4, 0.5) is 0 Å². The molecule has 94 valence electrons. The molecule has 0 spiro atoms. The third-order valence-corrected chi connectivity index (χ3v) is 2.27. The number of hydrogen-bond acceptors (Lipinski definition) is 2. The van der Waals surface area contributed by atoms with Gasteiger partial charge in [0.15, 0.2) is 0 Å². The van der Waals surface area contributed by atoms with Crippen molar-refractivity contribution in [1.82, 2.24) is 0 Å². The molecular weight excluding hydrogens is 188 g/mol. The van der Waals surface area contributed by atoms with Crippen molar-refractivity contribution >= 4 is 0 Å². The van der Waals surface area contributed by atoms with Gasteiger partial charge in [0, 0.05) is 13.2 Å². The maximum absolute atomic E-state index is 8.42. The van der Waals surface area contributed by atoms with Gasteiger partial charge in [-0.25, -0.2) is 0 Å². The normalized spacial score (nSPS) is 9.60. The van der Waals surface area contributed by atoms with E-state index in [0.29, 0.717) is 13.2 Å². The van der Waals surface area contributed by atoms with E-state index in [1.165, 1.54) is 38.5 Å². The lowest BCUT2D eigenvalue weighted by molar-refractivity contribution is 0.282. The van der Waals surface area contributed by atoms with Crippen molar-refractivity contribution < 1.29 is 10.2 Å². The van der Waals surface area contributed by atoms with Gasteiger partial charge >= 0.3 is 0 Å². The maximum Gasteiger partial charge on any atom is 0.0431 e. The Morgan fingerprint density at radius 3 is 1.27 bits per heavy atom. The highest BCUT2D eigenvalue weighted by Crippen LogP contribution is 2.03. The summed E-state index contributed by atoms with van der Waals surface area (Å²) in [6.45, 7) is 5.06. The van der Waals surface area contributed by atoms with Gasteiger partial charge in [0.25, 0.3) is 0 Å². The molecule has 2 N–H and O–H groups in total. The van der Waals surface area contributed by atoms with Gasteiger partial charge in [0.05, 0.1) is 0 Å². The molecule has 0 aromatic carbocycles. The Morgan fingerprint density at radius 2 is 0.867 bits per heavy atom. The van der Waals surface area contributed by atoms with Gasteiger partial charge in [0.2, 0.25) is 0 Å². The topological polar surface area (TPSA) is 40.5 Å². The summed E-state index contributed by atoms with van der Waals surface area (Å²) in [5.74, 6) is 0. The fourth-order valence-corrected chi connectivity index (χ4v) is 1.25. The third kappa shape index (κ3) is 24.9. The molecule has 0 saturated carbocycles. The van der Waals surface area contributed by atoms with Crippen LogP contribution in [0.15, 0.2) is 0 Å². The van der Waals surface area contributed by atoms with Gasteiger partial charge in [-0.05, 0) is 12.8 Å². The highest BCUT2D eigenvalue weighted by atomic mass is 16.3. The van der Waals surface area contributed by atoms with Gasteiger partial charge in [-0.15, -0.1) is 0 Å². The molecule has 0 aromatic heterocycles. The first-order chi connectivity index (χ1) is 7.33. The molecule has 0 aliphatic carbocycles. The molecule has 0 rings (SSSR count). The van der Waals surface area contributed by atoms with E-state index in [1.54, 1.807) is 0 Å². The molecule has 2 heteroatoms. The predicted octanol–water partition coefficient (Wildman–Crippen LogP) is 3.51. The molecule has 0 amide bonds. The van der Waals surface area contributed by atoms with Crippen LogP contribution < -0.4 is 0 Å². The SMILES string of the molecule is CCCCCCCCO.CCCCCO. The molecule has 0 aliphatic rings. The highest BCUT2D eigenvalue weighted by Gasteiger charge is 1.86. The molecule has 0 aliphatic heterocycles. The Kier molecular flexibility index (Phi) is 22.5. The molecule has 0 bridgehead atoms. The Morgan fingerprint density at radius 1 is 0.533 bits per heavy atom. The Bertz CT molecular complexity index is 74.6. The summed E-state index contributed by atoms with van der Waals surface area (Å²) in [6, 6.07) is 0. The van der Waals surface area contributed by atoms with Crippen molar-refractivity contribution in [3.05, 3.63) is 0 Å². The molecular formula is C13H30O2. The Labute approximate surface area is 95.7 Å². The summed E-state index contributed by atoms with van der Waals surface area (Å²) < 4.78 is 0. The van der Waals surface area contributed by atoms with Gasteiger partial charge in [0.1, 0.15) is 0 Å². The summed E-state index contributed by atoms with van der Waals surface area (Å²) in [7, 11) is 0. The van der Waals surface area contributed by atoms with Crippen LogP contribution in [-0.2, 0) is 0 Å². The quantitative estimate of drug-likeness (QED) is 0.581. The molecule has 0 radical (unpaired) electrons. The molecule has 0 aromatic rings. The summed E-state index contributed by atoms with van der Waals surface area (Å²) in [4.78, 5) is 0. The van der Waals surface area contributed by atoms with E-state index in [-0.39, 0.29) is 0 Å². The first kappa shape index (κ1) is 17.3. The standard InChI is InChI=1S/C8H18O.C5H12O/c1-2-3-4-5-6-7-8-9;1-2-3-4-5-6/h9H,2-8H2,1H3;6H,2-5H2,1H3. The summed E-state index contributed by atoms with van der Waals surface area (Å²) in [5, 5.41) is 16.6. The third-order valence-electron chi connectivity index (χ3n) is 2.27. The van der Waals surface area contributed by atoms with Crippen molar-refractivity contribution in [2.75, 3.05) is 13.2 Å². The van der Waals surface area contributed by atoms with Crippen LogP contribution in [0.5, 0.6) is 0 Å². The number of aliphatic hydroxyl groups excluding tert-OH is 2. The van der Waals surface area contributed by atoms with E-state index in [2.05, 4.69) is 13.8 Å². The second-order valence-electron chi connectivity index (χ2n) is 3.92. The molecule has 0 heterocycles. The van der Waals surface area contributed by atoms with Crippen molar-refractivity contribution in [3.8, 4) is 0 Å². The lowest BCUT2D eigenvalue weighted by atomic mass is 10.1. The van der Waals surface area contributed by atoms with Gasteiger partial charge in [-0.1, -0.05) is 58.8 Å². The predicted molar refractivity (Wildman–Crippen MR) is 67.1 cm³/mol. The molecule has 0 unspecified atom stereocenters. The smallest absolute Gasteiger partial charge is 0.0431 e. The molecule has 0 fully saturated rings. The van der Waals surface area contributed by atoms with E-state index in [4.69, 9.17) is 10.2 Å². The monoisotopic (exact) mass is 218 g/mol. The lowest BCUT2D eigenvalue weighted by Gasteiger charge is -1.95. The molecule has 15 heavy (non-hydrogen) atoms. The van der Waals surface area contributed by atoms with E-state index in [1.807, 2.05) is 0 Å². The average Bonchev–Trinajstić information content (AvgIpc) is 2.27. The minimum absolute atomic E-state index is 0.355. The largest absolute Gasteiger partial charge is 0.396 e. The highest BCUT2D eigenvalue weighted by molar-refractivity contribution is 4.41. The van der Waals surface area contributed by atoms with Gasteiger partial charge in [-0.3, -0.25) is 0 Å². The molecule has 2 nitrogen and oxygen atoms in total. The van der Waals surface area contributed by atoms with Gasteiger partial charge in [-0.2, -0.15) is 0 Å². The van der Waals surface area contributed by atoms with Crippen molar-refractivity contribution in [3.63, 3.8) is 0 Å². The Balaban J connectivity index is 0. The van der Waals surface area contributed by atoms with Crippen LogP contribution in [0.3, 0.4) is 0 Å². The summed E-state index contributed by atoms with van der Waals surface area (Å²) in [5.41, 5.74) is 0. The fourth-order valence-electron chi connectivity index (χ4n) is 1.25. The number of hydrogen-bond donors (Lipinski definition) is 2. The lowest BCUT2D eigenvalue weighted by Crippen LogP contribution is -1.82. The van der Waals surface area contributed by atoms with Gasteiger partial charge < -0.3 is 10.2 Å². The second-order valence-corrected chi connectivity index (χ2v) is 3.92. The number of rotatable bonds is 9. The van der Waals surface area contributed by atoms with Crippen LogP contribution in [0.1, 0.15) is 71.6 Å². The first-order valence-corrected chi connectivity index (χ1v) is 6.55. The van der Waals surface area contributed by atoms with Crippen molar-refractivity contribution in [2.24, 2.45) is 0 Å². The van der Waals surface area contributed by atoms with Crippen LogP contribution in [0.2, 0.25) is 0 Å². The van der Waals surface area contributed by atoms with Crippen LogP contribution in [0, 0.1) is 0 Å². The van der Waals surface area contributed by atoms with Crippen LogP contribution in [0.25, 0.3) is 0 Å². The second kappa shape index (κ2) is 19.5. The van der Waals surface area contributed by atoms with E-state index in [9.17, 15) is 0 Å². The molecule has 0 atom stereocenters. The zero-order chi connectivity index (χ0) is 11.8. The fraction of sp³-hybridized carbons (Fsp3) is 1.00. The number of aliphatic hydroxyl groups is 2. The zero-order valence-electron chi connectivity index (χ0n) is 10.7. The summed E-state index contributed by atoms with van der Waals surface area (Å²) in [6.07, 6.45) is 10.8. The summed E-state index contributed by atoms with van der Waals surface area (Å²) >= 11 is 0.